The Morgan fingerprint density at radius 2 is 1.97 bits per heavy atom. The number of nitrogens with zero attached hydrogens (tertiary/aromatic N) is 3. The lowest BCUT2D eigenvalue weighted by Crippen LogP contribution is -2.41. The van der Waals surface area contributed by atoms with Crippen molar-refractivity contribution in [1.29, 1.82) is 0 Å². The Morgan fingerprint density at radius 1 is 1.21 bits per heavy atom. The van der Waals surface area contributed by atoms with Crippen LogP contribution in [-0.2, 0) is 23.1 Å². The summed E-state index contributed by atoms with van der Waals surface area (Å²) in [7, 11) is 1.75. The Morgan fingerprint density at radius 3 is 2.72 bits per heavy atom. The third-order valence-electron chi connectivity index (χ3n) is 5.18. The summed E-state index contributed by atoms with van der Waals surface area (Å²) < 4.78 is 15.3. The Labute approximate surface area is 173 Å². The molecule has 7 nitrogen and oxygen atoms in total. The van der Waals surface area contributed by atoms with E-state index >= 15 is 0 Å². The number of rotatable bonds is 7. The van der Waals surface area contributed by atoms with Gasteiger partial charge in [-0.2, -0.15) is 0 Å². The van der Waals surface area contributed by atoms with Crippen molar-refractivity contribution in [1.82, 2.24) is 20.1 Å². The van der Waals surface area contributed by atoms with Crippen LogP contribution in [-0.4, -0.2) is 38.4 Å². The van der Waals surface area contributed by atoms with Gasteiger partial charge in [0.15, 0.2) is 5.16 Å². The molecule has 1 fully saturated rings. The summed E-state index contributed by atoms with van der Waals surface area (Å²) in [5.41, 5.74) is 0.128. The maximum absolute atomic E-state index is 13.7. The van der Waals surface area contributed by atoms with Gasteiger partial charge in [0.2, 0.25) is 11.8 Å². The van der Waals surface area contributed by atoms with E-state index in [2.05, 4.69) is 27.8 Å². The lowest BCUT2D eigenvalue weighted by atomic mass is 9.86. The molecule has 2 N–H and O–H groups in total. The number of hydrogen-bond donors (Lipinski definition) is 2. The first kappa shape index (κ1) is 21.3. The molecule has 2 amide bonds. The molecular weight excluding hydrogens is 393 g/mol. The third kappa shape index (κ3) is 5.79. The molecule has 0 unspecified atom stereocenters. The van der Waals surface area contributed by atoms with Crippen LogP contribution in [0, 0.1) is 11.7 Å². The standard InChI is InChI=1S/C20H26FN5O2S/c1-13-7-3-5-9-15(13)22-19(28)12-29-20-25-24-17(26(20)2)11-18(27)23-16-10-6-4-8-14(16)21/h4,6,8,10,13,15H,3,5,7,9,11-12H2,1-2H3,(H,22,28)(H,23,27)/t13-,15-/m0/s1. The lowest BCUT2D eigenvalue weighted by molar-refractivity contribution is -0.120. The van der Waals surface area contributed by atoms with Gasteiger partial charge in [0, 0.05) is 13.1 Å². The minimum Gasteiger partial charge on any atom is -0.352 e. The first-order chi connectivity index (χ1) is 13.9. The average molecular weight is 420 g/mol. The van der Waals surface area contributed by atoms with Gasteiger partial charge in [0.25, 0.3) is 0 Å². The molecule has 0 radical (unpaired) electrons. The quantitative estimate of drug-likeness (QED) is 0.674. The Balaban J connectivity index is 1.50. The van der Waals surface area contributed by atoms with Gasteiger partial charge in [-0.25, -0.2) is 4.39 Å². The first-order valence-electron chi connectivity index (χ1n) is 9.79. The molecule has 1 saturated carbocycles. The van der Waals surface area contributed by atoms with Crippen molar-refractivity contribution < 1.29 is 14.0 Å². The van der Waals surface area contributed by atoms with Gasteiger partial charge in [-0.15, -0.1) is 10.2 Å². The van der Waals surface area contributed by atoms with Crippen LogP contribution >= 0.6 is 11.8 Å². The van der Waals surface area contributed by atoms with E-state index in [0.717, 1.165) is 19.3 Å². The van der Waals surface area contributed by atoms with Crippen LogP contribution in [0.1, 0.15) is 38.4 Å². The van der Waals surface area contributed by atoms with Crippen molar-refractivity contribution in [3.05, 3.63) is 35.9 Å². The van der Waals surface area contributed by atoms with Crippen LogP contribution in [0.15, 0.2) is 29.4 Å². The molecule has 2 atom stereocenters. The summed E-state index contributed by atoms with van der Waals surface area (Å²) in [4.78, 5) is 24.5. The van der Waals surface area contributed by atoms with E-state index in [1.807, 2.05) is 0 Å². The van der Waals surface area contributed by atoms with E-state index in [4.69, 9.17) is 0 Å². The van der Waals surface area contributed by atoms with Crippen LogP contribution in [0.25, 0.3) is 0 Å². The number of benzene rings is 1. The van der Waals surface area contributed by atoms with Crippen molar-refractivity contribution in [2.45, 2.75) is 50.2 Å². The van der Waals surface area contributed by atoms with Gasteiger partial charge in [0.05, 0.1) is 17.9 Å². The fourth-order valence-electron chi connectivity index (χ4n) is 3.43. The minimum absolute atomic E-state index is 0.0180. The monoisotopic (exact) mass is 419 g/mol. The van der Waals surface area contributed by atoms with Gasteiger partial charge >= 0.3 is 0 Å². The van der Waals surface area contributed by atoms with Gasteiger partial charge in [-0.1, -0.05) is 43.7 Å². The zero-order valence-corrected chi connectivity index (χ0v) is 17.5. The molecule has 9 heteroatoms. The van der Waals surface area contributed by atoms with Gasteiger partial charge in [-0.3, -0.25) is 9.59 Å². The maximum Gasteiger partial charge on any atom is 0.232 e. The fourth-order valence-corrected chi connectivity index (χ4v) is 4.18. The molecule has 3 rings (SSSR count). The summed E-state index contributed by atoms with van der Waals surface area (Å²) in [6.45, 7) is 2.18. The first-order valence-corrected chi connectivity index (χ1v) is 10.8. The molecule has 0 saturated heterocycles. The highest BCUT2D eigenvalue weighted by atomic mass is 32.2. The van der Waals surface area contributed by atoms with Gasteiger partial charge in [-0.05, 0) is 30.9 Å². The largest absolute Gasteiger partial charge is 0.352 e. The molecule has 1 aliphatic rings. The van der Waals surface area contributed by atoms with Crippen molar-refractivity contribution in [2.24, 2.45) is 13.0 Å². The fraction of sp³-hybridized carbons (Fsp3) is 0.500. The number of anilines is 1. The lowest BCUT2D eigenvalue weighted by Gasteiger charge is -2.29. The zero-order valence-electron chi connectivity index (χ0n) is 16.7. The smallest absolute Gasteiger partial charge is 0.232 e. The second-order valence-electron chi connectivity index (χ2n) is 7.39. The highest BCUT2D eigenvalue weighted by Gasteiger charge is 2.23. The molecule has 1 aromatic carbocycles. The zero-order chi connectivity index (χ0) is 20.8. The molecule has 156 valence electrons. The van der Waals surface area contributed by atoms with E-state index in [-0.39, 0.29) is 35.7 Å². The Hall–Kier alpha value is -2.42. The van der Waals surface area contributed by atoms with Crippen LogP contribution < -0.4 is 10.6 Å². The summed E-state index contributed by atoms with van der Waals surface area (Å²) in [6.07, 6.45) is 4.53. The predicted octanol–water partition coefficient (Wildman–Crippen LogP) is 2.92. The number of hydrogen-bond acceptors (Lipinski definition) is 5. The number of thioether (sulfide) groups is 1. The summed E-state index contributed by atoms with van der Waals surface area (Å²) in [6, 6.07) is 6.23. The van der Waals surface area contributed by atoms with E-state index in [0.29, 0.717) is 16.9 Å². The molecule has 0 aliphatic heterocycles. The molecule has 1 aliphatic carbocycles. The Kier molecular flexibility index (Phi) is 7.24. The number of halogens is 1. The predicted molar refractivity (Wildman–Crippen MR) is 110 cm³/mol. The maximum atomic E-state index is 13.7. The molecule has 29 heavy (non-hydrogen) atoms. The number of carbonyl (C=O) groups is 2. The third-order valence-corrected chi connectivity index (χ3v) is 6.20. The minimum atomic E-state index is -0.492. The summed E-state index contributed by atoms with van der Waals surface area (Å²) in [5, 5.41) is 14.3. The number of para-hydroxylation sites is 1. The van der Waals surface area contributed by atoms with Gasteiger partial charge in [0.1, 0.15) is 11.6 Å². The van der Waals surface area contributed by atoms with Crippen molar-refractivity contribution >= 4 is 29.3 Å². The molecule has 2 aromatic rings. The topological polar surface area (TPSA) is 88.9 Å². The summed E-state index contributed by atoms with van der Waals surface area (Å²) >= 11 is 1.28. The summed E-state index contributed by atoms with van der Waals surface area (Å²) in [5.74, 6) is 0.307. The van der Waals surface area contributed by atoms with Crippen LogP contribution in [0.4, 0.5) is 10.1 Å². The number of amides is 2. The van der Waals surface area contributed by atoms with Crippen LogP contribution in [0.5, 0.6) is 0 Å². The normalized spacial score (nSPS) is 19.0. The van der Waals surface area contributed by atoms with Crippen molar-refractivity contribution in [3.63, 3.8) is 0 Å². The van der Waals surface area contributed by atoms with E-state index < -0.39 is 5.82 Å². The second-order valence-corrected chi connectivity index (χ2v) is 8.33. The molecular formula is C20H26FN5O2S. The average Bonchev–Trinajstić information content (AvgIpc) is 3.03. The van der Waals surface area contributed by atoms with Crippen LogP contribution in [0.2, 0.25) is 0 Å². The SMILES string of the molecule is C[C@H]1CCCC[C@@H]1NC(=O)CSc1nnc(CC(=O)Nc2ccccc2F)n1C. The molecule has 0 spiro atoms. The van der Waals surface area contributed by atoms with E-state index in [1.54, 1.807) is 23.7 Å². The number of nitrogens with one attached hydrogen (secondary N) is 2. The Bertz CT molecular complexity index is 872. The molecule has 1 heterocycles. The number of carbonyl (C=O) groups excluding carboxylic acids is 2. The van der Waals surface area contributed by atoms with E-state index in [1.165, 1.54) is 30.3 Å². The molecule has 1 aromatic heterocycles. The number of aromatic nitrogens is 3. The van der Waals surface area contributed by atoms with Crippen LogP contribution in [0.3, 0.4) is 0 Å². The van der Waals surface area contributed by atoms with Crippen molar-refractivity contribution in [3.8, 4) is 0 Å². The second kappa shape index (κ2) is 9.87. The van der Waals surface area contributed by atoms with Gasteiger partial charge < -0.3 is 15.2 Å². The molecule has 0 bridgehead atoms. The highest BCUT2D eigenvalue weighted by Crippen LogP contribution is 2.24. The van der Waals surface area contributed by atoms with Crippen molar-refractivity contribution in [2.75, 3.05) is 11.1 Å². The highest BCUT2D eigenvalue weighted by molar-refractivity contribution is 7.99. The van der Waals surface area contributed by atoms with E-state index in [9.17, 15) is 14.0 Å².